The molecule has 0 amide bonds. The van der Waals surface area contributed by atoms with Crippen molar-refractivity contribution in [1.82, 2.24) is 9.78 Å². The van der Waals surface area contributed by atoms with Gasteiger partial charge in [0.1, 0.15) is 5.75 Å². The van der Waals surface area contributed by atoms with Crippen molar-refractivity contribution in [3.8, 4) is 5.75 Å². The van der Waals surface area contributed by atoms with E-state index in [0.29, 0.717) is 18.6 Å². The maximum atomic E-state index is 12.2. The first-order chi connectivity index (χ1) is 9.19. The molecule has 1 aromatic heterocycles. The Kier molecular flexibility index (Phi) is 4.34. The molecule has 2 aromatic rings. The molecule has 0 aliphatic heterocycles. The Morgan fingerprint density at radius 1 is 1.42 bits per heavy atom. The summed E-state index contributed by atoms with van der Waals surface area (Å²) in [5.74, 6) is 0.828. The van der Waals surface area contributed by atoms with Gasteiger partial charge >= 0.3 is 0 Å². The number of hydrogen-bond acceptors (Lipinski definition) is 3. The summed E-state index contributed by atoms with van der Waals surface area (Å²) in [5.41, 5.74) is 1.60. The first-order valence-corrected chi connectivity index (χ1v) is 6.42. The molecule has 4 nitrogen and oxygen atoms in total. The summed E-state index contributed by atoms with van der Waals surface area (Å²) < 4.78 is 7.23. The molecule has 2 rings (SSSR count). The SMILES string of the molecule is CCCOc1cccc(C(=O)Cc2cnn(C)c2)c1. The highest BCUT2D eigenvalue weighted by atomic mass is 16.5. The van der Waals surface area contributed by atoms with E-state index in [2.05, 4.69) is 12.0 Å². The molecule has 0 aliphatic rings. The van der Waals surface area contributed by atoms with Gasteiger partial charge in [0.15, 0.2) is 5.78 Å². The molecule has 0 bridgehead atoms. The number of ether oxygens (including phenoxy) is 1. The second-order valence-corrected chi connectivity index (χ2v) is 4.50. The summed E-state index contributed by atoms with van der Waals surface area (Å²) in [5, 5.41) is 4.06. The summed E-state index contributed by atoms with van der Waals surface area (Å²) in [6, 6.07) is 7.34. The van der Waals surface area contributed by atoms with Crippen molar-refractivity contribution in [2.24, 2.45) is 7.05 Å². The van der Waals surface area contributed by atoms with Crippen molar-refractivity contribution in [2.45, 2.75) is 19.8 Å². The van der Waals surface area contributed by atoms with Gasteiger partial charge in [0, 0.05) is 25.2 Å². The van der Waals surface area contributed by atoms with Gasteiger partial charge in [-0.25, -0.2) is 0 Å². The summed E-state index contributed by atoms with van der Waals surface area (Å²) in [6.45, 7) is 2.72. The zero-order valence-electron chi connectivity index (χ0n) is 11.3. The van der Waals surface area contributed by atoms with Gasteiger partial charge in [-0.15, -0.1) is 0 Å². The maximum Gasteiger partial charge on any atom is 0.167 e. The van der Waals surface area contributed by atoms with Gasteiger partial charge in [-0.3, -0.25) is 9.48 Å². The van der Waals surface area contributed by atoms with Crippen LogP contribution in [0.15, 0.2) is 36.7 Å². The number of rotatable bonds is 6. The monoisotopic (exact) mass is 258 g/mol. The number of ketones is 1. The number of aromatic nitrogens is 2. The number of nitrogens with zero attached hydrogens (tertiary/aromatic N) is 2. The van der Waals surface area contributed by atoms with Gasteiger partial charge < -0.3 is 4.74 Å². The second kappa shape index (κ2) is 6.18. The van der Waals surface area contributed by atoms with Crippen LogP contribution >= 0.6 is 0 Å². The number of benzene rings is 1. The average Bonchev–Trinajstić information content (AvgIpc) is 2.82. The molecule has 19 heavy (non-hydrogen) atoms. The second-order valence-electron chi connectivity index (χ2n) is 4.50. The Morgan fingerprint density at radius 3 is 2.95 bits per heavy atom. The summed E-state index contributed by atoms with van der Waals surface area (Å²) in [6.07, 6.45) is 4.89. The molecular weight excluding hydrogens is 240 g/mol. The smallest absolute Gasteiger partial charge is 0.167 e. The minimum absolute atomic E-state index is 0.0787. The molecule has 0 unspecified atom stereocenters. The topological polar surface area (TPSA) is 44.1 Å². The van der Waals surface area contributed by atoms with E-state index < -0.39 is 0 Å². The third kappa shape index (κ3) is 3.68. The predicted octanol–water partition coefficient (Wildman–Crippen LogP) is 2.63. The van der Waals surface area contributed by atoms with Crippen LogP contribution < -0.4 is 4.74 Å². The Bertz CT molecular complexity index is 561. The Labute approximate surface area is 113 Å². The van der Waals surface area contributed by atoms with Gasteiger partial charge in [-0.2, -0.15) is 5.10 Å². The summed E-state index contributed by atoms with van der Waals surface area (Å²) in [4.78, 5) is 12.2. The van der Waals surface area contributed by atoms with Crippen LogP contribution in [0.1, 0.15) is 29.3 Å². The molecule has 0 radical (unpaired) electrons. The van der Waals surface area contributed by atoms with Crippen molar-refractivity contribution in [2.75, 3.05) is 6.61 Å². The van der Waals surface area contributed by atoms with E-state index in [0.717, 1.165) is 17.7 Å². The van der Waals surface area contributed by atoms with Crippen LogP contribution in [0.4, 0.5) is 0 Å². The fourth-order valence-electron chi connectivity index (χ4n) is 1.83. The molecular formula is C15H18N2O2. The number of Topliss-reactive ketones (excluding diaryl/α,β-unsaturated/α-hetero) is 1. The summed E-state index contributed by atoms with van der Waals surface area (Å²) >= 11 is 0. The molecule has 0 spiro atoms. The molecule has 0 saturated carbocycles. The molecule has 1 heterocycles. The third-order valence-corrected chi connectivity index (χ3v) is 2.75. The van der Waals surface area contributed by atoms with Gasteiger partial charge in [0.2, 0.25) is 0 Å². The minimum Gasteiger partial charge on any atom is -0.494 e. The van der Waals surface area contributed by atoms with Crippen LogP contribution in [0.3, 0.4) is 0 Å². The fraction of sp³-hybridized carbons (Fsp3) is 0.333. The van der Waals surface area contributed by atoms with Crippen molar-refractivity contribution < 1.29 is 9.53 Å². The number of aryl methyl sites for hydroxylation is 1. The Balaban J connectivity index is 2.06. The van der Waals surface area contributed by atoms with Gasteiger partial charge in [0.25, 0.3) is 0 Å². The fourth-order valence-corrected chi connectivity index (χ4v) is 1.83. The lowest BCUT2D eigenvalue weighted by molar-refractivity contribution is 0.0992. The van der Waals surface area contributed by atoms with E-state index in [1.807, 2.05) is 31.4 Å². The van der Waals surface area contributed by atoms with Crippen LogP contribution in [0.25, 0.3) is 0 Å². The van der Waals surface area contributed by atoms with Gasteiger partial charge in [-0.1, -0.05) is 19.1 Å². The van der Waals surface area contributed by atoms with Gasteiger partial charge in [-0.05, 0) is 24.1 Å². The van der Waals surface area contributed by atoms with Crippen LogP contribution in [0, 0.1) is 0 Å². The average molecular weight is 258 g/mol. The first kappa shape index (κ1) is 13.3. The highest BCUT2D eigenvalue weighted by Gasteiger charge is 2.09. The van der Waals surface area contributed by atoms with Crippen LogP contribution in [0.2, 0.25) is 0 Å². The van der Waals surface area contributed by atoms with E-state index >= 15 is 0 Å². The standard InChI is InChI=1S/C15H18N2O2/c1-3-7-19-14-6-4-5-13(9-14)15(18)8-12-10-16-17(2)11-12/h4-6,9-11H,3,7-8H2,1-2H3. The lowest BCUT2D eigenvalue weighted by Crippen LogP contribution is -2.04. The highest BCUT2D eigenvalue weighted by Crippen LogP contribution is 2.15. The van der Waals surface area contributed by atoms with Crippen LogP contribution in [0.5, 0.6) is 5.75 Å². The molecule has 100 valence electrons. The summed E-state index contributed by atoms with van der Waals surface area (Å²) in [7, 11) is 1.84. The molecule has 0 aliphatic carbocycles. The normalized spacial score (nSPS) is 10.4. The zero-order valence-corrected chi connectivity index (χ0v) is 11.3. The van der Waals surface area contributed by atoms with Crippen LogP contribution in [-0.2, 0) is 13.5 Å². The highest BCUT2D eigenvalue weighted by molar-refractivity contribution is 5.97. The lowest BCUT2D eigenvalue weighted by atomic mass is 10.1. The molecule has 1 aromatic carbocycles. The number of carbonyl (C=O) groups is 1. The van der Waals surface area contributed by atoms with E-state index in [4.69, 9.17) is 4.74 Å². The van der Waals surface area contributed by atoms with Crippen molar-refractivity contribution in [3.63, 3.8) is 0 Å². The van der Waals surface area contributed by atoms with Crippen molar-refractivity contribution in [1.29, 1.82) is 0 Å². The number of carbonyl (C=O) groups excluding carboxylic acids is 1. The Morgan fingerprint density at radius 2 is 2.26 bits per heavy atom. The van der Waals surface area contributed by atoms with E-state index in [-0.39, 0.29) is 5.78 Å². The molecule has 0 fully saturated rings. The van der Waals surface area contributed by atoms with E-state index in [1.54, 1.807) is 16.9 Å². The quantitative estimate of drug-likeness (QED) is 0.748. The minimum atomic E-state index is 0.0787. The van der Waals surface area contributed by atoms with Crippen LogP contribution in [-0.4, -0.2) is 22.2 Å². The number of hydrogen-bond donors (Lipinski definition) is 0. The van der Waals surface area contributed by atoms with Gasteiger partial charge in [0.05, 0.1) is 12.8 Å². The third-order valence-electron chi connectivity index (χ3n) is 2.75. The molecule has 0 saturated heterocycles. The molecule has 0 N–H and O–H groups in total. The molecule has 0 atom stereocenters. The first-order valence-electron chi connectivity index (χ1n) is 6.42. The van der Waals surface area contributed by atoms with E-state index in [1.165, 1.54) is 0 Å². The molecule has 4 heteroatoms. The predicted molar refractivity (Wildman–Crippen MR) is 73.5 cm³/mol. The maximum absolute atomic E-state index is 12.2. The zero-order chi connectivity index (χ0) is 13.7. The van der Waals surface area contributed by atoms with Crippen molar-refractivity contribution in [3.05, 3.63) is 47.8 Å². The van der Waals surface area contributed by atoms with Crippen molar-refractivity contribution >= 4 is 5.78 Å². The Hall–Kier alpha value is -2.10. The lowest BCUT2D eigenvalue weighted by Gasteiger charge is -2.06. The largest absolute Gasteiger partial charge is 0.494 e. The van der Waals surface area contributed by atoms with E-state index in [9.17, 15) is 4.79 Å².